The van der Waals surface area contributed by atoms with Crippen LogP contribution in [0.1, 0.15) is 35.2 Å². The number of carbonyl (C=O) groups is 2. The van der Waals surface area contributed by atoms with Crippen molar-refractivity contribution in [2.24, 2.45) is 0 Å². The number of allylic oxidation sites excluding steroid dienone is 1. The second-order valence-electron chi connectivity index (χ2n) is 7.44. The van der Waals surface area contributed by atoms with E-state index < -0.39 is 0 Å². The quantitative estimate of drug-likeness (QED) is 0.527. The third kappa shape index (κ3) is 5.95. The van der Waals surface area contributed by atoms with Crippen LogP contribution >= 0.6 is 0 Å². The fourth-order valence-corrected chi connectivity index (χ4v) is 3.21. The summed E-state index contributed by atoms with van der Waals surface area (Å²) in [5.41, 5.74) is 2.83. The van der Waals surface area contributed by atoms with Crippen LogP contribution < -0.4 is 9.64 Å². The maximum atomic E-state index is 12.4. The Morgan fingerprint density at radius 1 is 0.966 bits per heavy atom. The predicted octanol–water partition coefficient (Wildman–Crippen LogP) is 4.04. The Morgan fingerprint density at radius 3 is 2.24 bits per heavy atom. The monoisotopic (exact) mass is 392 g/mol. The summed E-state index contributed by atoms with van der Waals surface area (Å²) in [5.74, 6) is 0.384. The number of carbonyl (C=O) groups excluding carboxylic acids is 2. The van der Waals surface area contributed by atoms with E-state index >= 15 is 0 Å². The molecule has 29 heavy (non-hydrogen) atoms. The third-order valence-corrected chi connectivity index (χ3v) is 5.04. The normalized spacial score (nSPS) is 14.1. The van der Waals surface area contributed by atoms with Crippen LogP contribution in [0.15, 0.2) is 54.6 Å². The molecule has 152 valence electrons. The van der Waals surface area contributed by atoms with E-state index in [9.17, 15) is 9.59 Å². The highest BCUT2D eigenvalue weighted by Gasteiger charge is 2.10. The first-order chi connectivity index (χ1) is 14.0. The Hall–Kier alpha value is -3.08. The van der Waals surface area contributed by atoms with Crippen LogP contribution in [0.25, 0.3) is 6.08 Å². The fourth-order valence-electron chi connectivity index (χ4n) is 3.21. The molecule has 0 radical (unpaired) electrons. The minimum atomic E-state index is -0.112. The average molecular weight is 392 g/mol. The van der Waals surface area contributed by atoms with Crippen molar-refractivity contribution in [1.29, 1.82) is 0 Å². The van der Waals surface area contributed by atoms with Crippen LogP contribution in [0, 0.1) is 0 Å². The van der Waals surface area contributed by atoms with Gasteiger partial charge < -0.3 is 14.5 Å². The van der Waals surface area contributed by atoms with Gasteiger partial charge in [-0.3, -0.25) is 9.59 Å². The van der Waals surface area contributed by atoms with E-state index in [0.717, 1.165) is 18.7 Å². The number of benzene rings is 2. The van der Waals surface area contributed by atoms with Gasteiger partial charge in [0, 0.05) is 38.4 Å². The number of hydrogen-bond acceptors (Lipinski definition) is 4. The number of likely N-dealkylation sites (N-methyl/N-ethyl adjacent to an activating group) is 1. The largest absolute Gasteiger partial charge is 0.484 e. The lowest BCUT2D eigenvalue weighted by Gasteiger charge is -2.28. The van der Waals surface area contributed by atoms with Gasteiger partial charge in [0.2, 0.25) is 0 Å². The Kier molecular flexibility index (Phi) is 7.06. The van der Waals surface area contributed by atoms with E-state index in [1.807, 2.05) is 18.2 Å². The highest BCUT2D eigenvalue weighted by atomic mass is 16.5. The lowest BCUT2D eigenvalue weighted by atomic mass is 10.1. The zero-order chi connectivity index (χ0) is 20.6. The van der Waals surface area contributed by atoms with Crippen LogP contribution in [0.2, 0.25) is 0 Å². The summed E-state index contributed by atoms with van der Waals surface area (Å²) in [7, 11) is 3.36. The summed E-state index contributed by atoms with van der Waals surface area (Å²) < 4.78 is 5.43. The first kappa shape index (κ1) is 20.6. The average Bonchev–Trinajstić information content (AvgIpc) is 2.77. The molecule has 5 heteroatoms. The van der Waals surface area contributed by atoms with Gasteiger partial charge in [0.25, 0.3) is 5.91 Å². The predicted molar refractivity (Wildman–Crippen MR) is 117 cm³/mol. The van der Waals surface area contributed by atoms with Gasteiger partial charge in [0.05, 0.1) is 0 Å². The molecule has 2 aromatic rings. The van der Waals surface area contributed by atoms with Gasteiger partial charge in [-0.2, -0.15) is 0 Å². The summed E-state index contributed by atoms with van der Waals surface area (Å²) in [5, 5.41) is 0. The molecule has 5 nitrogen and oxygen atoms in total. The topological polar surface area (TPSA) is 49.9 Å². The Balaban J connectivity index is 1.55. The molecule has 2 aromatic carbocycles. The van der Waals surface area contributed by atoms with Crippen molar-refractivity contribution < 1.29 is 14.3 Å². The van der Waals surface area contributed by atoms with Crippen molar-refractivity contribution in [2.75, 3.05) is 38.7 Å². The molecule has 1 aliphatic rings. The standard InChI is InChI=1S/C24H28N2O3/c1-25(2)24(28)18-29-22-13-9-20(10-14-22)23(27)15-8-19-6-11-21(12-7-19)26-16-4-3-5-17-26/h6-15H,3-5,16-18H2,1-2H3/b15-8+. The molecule has 0 unspecified atom stereocenters. The molecule has 1 amide bonds. The van der Waals surface area contributed by atoms with E-state index in [2.05, 4.69) is 17.0 Å². The molecule has 1 aliphatic heterocycles. The highest BCUT2D eigenvalue weighted by Crippen LogP contribution is 2.21. The molecule has 0 spiro atoms. The summed E-state index contributed by atoms with van der Waals surface area (Å²) in [6.45, 7) is 2.22. The zero-order valence-corrected chi connectivity index (χ0v) is 17.1. The zero-order valence-electron chi connectivity index (χ0n) is 17.1. The number of rotatable bonds is 7. The minimum absolute atomic E-state index is 0.0202. The Morgan fingerprint density at radius 2 is 1.62 bits per heavy atom. The Labute approximate surface area is 172 Å². The molecule has 1 fully saturated rings. The van der Waals surface area contributed by atoms with E-state index in [1.54, 1.807) is 44.4 Å². The lowest BCUT2D eigenvalue weighted by Crippen LogP contribution is -2.29. The number of nitrogens with zero attached hydrogens (tertiary/aromatic N) is 2. The Bertz CT molecular complexity index is 849. The van der Waals surface area contributed by atoms with Gasteiger partial charge >= 0.3 is 0 Å². The SMILES string of the molecule is CN(C)C(=O)COc1ccc(C(=O)/C=C/c2ccc(N3CCCCC3)cc2)cc1. The van der Waals surface area contributed by atoms with E-state index in [1.165, 1.54) is 29.8 Å². The van der Waals surface area contributed by atoms with Crippen molar-refractivity contribution in [1.82, 2.24) is 4.90 Å². The second kappa shape index (κ2) is 9.92. The number of ether oxygens (including phenoxy) is 1. The fraction of sp³-hybridized carbons (Fsp3) is 0.333. The van der Waals surface area contributed by atoms with Crippen LogP contribution in [0.3, 0.4) is 0 Å². The van der Waals surface area contributed by atoms with Gasteiger partial charge in [-0.05, 0) is 67.3 Å². The maximum Gasteiger partial charge on any atom is 0.259 e. The van der Waals surface area contributed by atoms with Gasteiger partial charge in [-0.25, -0.2) is 0 Å². The van der Waals surface area contributed by atoms with Gasteiger partial charge in [-0.1, -0.05) is 18.2 Å². The van der Waals surface area contributed by atoms with Crippen molar-refractivity contribution >= 4 is 23.5 Å². The molecule has 0 bridgehead atoms. The van der Waals surface area contributed by atoms with Crippen LogP contribution in [-0.2, 0) is 4.79 Å². The van der Waals surface area contributed by atoms with Crippen molar-refractivity contribution in [2.45, 2.75) is 19.3 Å². The number of piperidine rings is 1. The number of ketones is 1. The second-order valence-corrected chi connectivity index (χ2v) is 7.44. The van der Waals surface area contributed by atoms with Crippen molar-refractivity contribution in [3.63, 3.8) is 0 Å². The molecule has 0 atom stereocenters. The summed E-state index contributed by atoms with van der Waals surface area (Å²) in [4.78, 5) is 27.8. The smallest absolute Gasteiger partial charge is 0.259 e. The molecular formula is C24H28N2O3. The van der Waals surface area contributed by atoms with E-state index in [0.29, 0.717) is 11.3 Å². The first-order valence-corrected chi connectivity index (χ1v) is 10.0. The summed E-state index contributed by atoms with van der Waals surface area (Å²) >= 11 is 0. The molecule has 1 heterocycles. The third-order valence-electron chi connectivity index (χ3n) is 5.04. The summed E-state index contributed by atoms with van der Waals surface area (Å²) in [6.07, 6.45) is 7.25. The summed E-state index contributed by atoms with van der Waals surface area (Å²) in [6, 6.07) is 15.2. The highest BCUT2D eigenvalue weighted by molar-refractivity contribution is 6.06. The maximum absolute atomic E-state index is 12.4. The van der Waals surface area contributed by atoms with Gasteiger partial charge in [0.1, 0.15) is 5.75 Å². The minimum Gasteiger partial charge on any atom is -0.484 e. The molecule has 0 saturated carbocycles. The van der Waals surface area contributed by atoms with E-state index in [-0.39, 0.29) is 18.3 Å². The van der Waals surface area contributed by atoms with Crippen LogP contribution in [0.4, 0.5) is 5.69 Å². The number of anilines is 1. The lowest BCUT2D eigenvalue weighted by molar-refractivity contribution is -0.130. The first-order valence-electron chi connectivity index (χ1n) is 10.0. The van der Waals surface area contributed by atoms with Crippen molar-refractivity contribution in [3.05, 3.63) is 65.7 Å². The molecule has 0 aliphatic carbocycles. The van der Waals surface area contributed by atoms with Crippen molar-refractivity contribution in [3.8, 4) is 5.75 Å². The number of amides is 1. The van der Waals surface area contributed by atoms with Crippen LogP contribution in [-0.4, -0.2) is 50.4 Å². The van der Waals surface area contributed by atoms with E-state index in [4.69, 9.17) is 4.74 Å². The molecule has 0 aromatic heterocycles. The van der Waals surface area contributed by atoms with Crippen LogP contribution in [0.5, 0.6) is 5.75 Å². The van der Waals surface area contributed by atoms with Gasteiger partial charge in [-0.15, -0.1) is 0 Å². The molecular weight excluding hydrogens is 364 g/mol. The molecule has 1 saturated heterocycles. The molecule has 3 rings (SSSR count). The number of hydrogen-bond donors (Lipinski definition) is 0. The molecule has 0 N–H and O–H groups in total. The van der Waals surface area contributed by atoms with Gasteiger partial charge in [0.15, 0.2) is 12.4 Å².